The fourth-order valence-corrected chi connectivity index (χ4v) is 4.17. The number of carbonyl (C=O) groups excluding carboxylic acids is 1. The monoisotopic (exact) mass is 492 g/mol. The molecule has 1 atom stereocenters. The molecule has 1 aliphatic rings. The standard InChI is InChI=1S/C22H26Cl2N6O3/c1-22(2,3)33-21(32)29-8-4-5-14(29)12-30-18-17(11-26-30)27-20(28-19(18)31)25-10-13-6-7-15(23)16(24)9-13/h6-7,9,11,14H,4-5,8,10,12H2,1-3H3,(H2,25,27,28,31)/t14-/m0/s1. The van der Waals surface area contributed by atoms with Gasteiger partial charge >= 0.3 is 6.09 Å². The van der Waals surface area contributed by atoms with Gasteiger partial charge in [-0.25, -0.2) is 9.78 Å². The molecular formula is C22H26Cl2N6O3. The Morgan fingerprint density at radius 1 is 1.30 bits per heavy atom. The minimum absolute atomic E-state index is 0.102. The lowest BCUT2D eigenvalue weighted by Crippen LogP contribution is -2.41. The van der Waals surface area contributed by atoms with Gasteiger partial charge in [-0.1, -0.05) is 29.3 Å². The average Bonchev–Trinajstić information content (AvgIpc) is 3.35. The zero-order valence-electron chi connectivity index (χ0n) is 18.7. The van der Waals surface area contributed by atoms with Crippen LogP contribution in [0.25, 0.3) is 11.0 Å². The second-order valence-electron chi connectivity index (χ2n) is 9.05. The third-order valence-electron chi connectivity index (χ3n) is 5.33. The van der Waals surface area contributed by atoms with Gasteiger partial charge in [0.2, 0.25) is 5.95 Å². The Morgan fingerprint density at radius 2 is 2.09 bits per heavy atom. The van der Waals surface area contributed by atoms with Crippen molar-refractivity contribution in [2.45, 2.75) is 58.3 Å². The summed E-state index contributed by atoms with van der Waals surface area (Å²) in [6, 6.07) is 5.21. The molecule has 3 heterocycles. The van der Waals surface area contributed by atoms with Gasteiger partial charge in [-0.15, -0.1) is 0 Å². The highest BCUT2D eigenvalue weighted by Gasteiger charge is 2.33. The van der Waals surface area contributed by atoms with Gasteiger partial charge in [0.1, 0.15) is 11.1 Å². The molecule has 3 aromatic rings. The maximum atomic E-state index is 12.8. The average molecular weight is 493 g/mol. The number of aromatic nitrogens is 4. The number of H-pyrrole nitrogens is 1. The molecule has 1 aliphatic heterocycles. The topological polar surface area (TPSA) is 105 Å². The number of nitrogens with zero attached hydrogens (tertiary/aromatic N) is 4. The molecule has 1 aromatic carbocycles. The Labute approximate surface area is 201 Å². The van der Waals surface area contributed by atoms with E-state index < -0.39 is 5.60 Å². The normalized spacial score (nSPS) is 16.4. The number of likely N-dealkylation sites (tertiary alicyclic amines) is 1. The number of amides is 1. The van der Waals surface area contributed by atoms with Crippen molar-refractivity contribution in [3.63, 3.8) is 0 Å². The highest BCUT2D eigenvalue weighted by molar-refractivity contribution is 6.42. The molecule has 0 aliphatic carbocycles. The molecule has 4 rings (SSSR count). The highest BCUT2D eigenvalue weighted by Crippen LogP contribution is 2.24. The summed E-state index contributed by atoms with van der Waals surface area (Å²) in [5, 5.41) is 8.40. The zero-order valence-corrected chi connectivity index (χ0v) is 20.2. The van der Waals surface area contributed by atoms with Crippen LogP contribution in [-0.4, -0.2) is 48.9 Å². The third kappa shape index (κ3) is 5.42. The van der Waals surface area contributed by atoms with Crippen molar-refractivity contribution in [1.29, 1.82) is 0 Å². The summed E-state index contributed by atoms with van der Waals surface area (Å²) in [7, 11) is 0. The van der Waals surface area contributed by atoms with Crippen LogP contribution < -0.4 is 10.9 Å². The number of rotatable bonds is 5. The first-order valence-electron chi connectivity index (χ1n) is 10.7. The quantitative estimate of drug-likeness (QED) is 0.545. The van der Waals surface area contributed by atoms with Crippen LogP contribution in [0.4, 0.5) is 10.7 Å². The molecule has 1 saturated heterocycles. The number of hydrogen-bond acceptors (Lipinski definition) is 6. The molecule has 176 valence electrons. The maximum absolute atomic E-state index is 12.8. The molecule has 2 aromatic heterocycles. The number of benzene rings is 1. The van der Waals surface area contributed by atoms with Crippen LogP contribution in [0.1, 0.15) is 39.2 Å². The molecule has 33 heavy (non-hydrogen) atoms. The summed E-state index contributed by atoms with van der Waals surface area (Å²) >= 11 is 12.0. The van der Waals surface area contributed by atoms with E-state index in [1.54, 1.807) is 27.9 Å². The summed E-state index contributed by atoms with van der Waals surface area (Å²) in [6.45, 7) is 6.95. The lowest BCUT2D eigenvalue weighted by Gasteiger charge is -2.28. The lowest BCUT2D eigenvalue weighted by atomic mass is 10.2. The molecule has 9 nitrogen and oxygen atoms in total. The van der Waals surface area contributed by atoms with E-state index in [2.05, 4.69) is 20.4 Å². The Balaban J connectivity index is 1.49. The van der Waals surface area contributed by atoms with Gasteiger partial charge in [0.25, 0.3) is 5.56 Å². The number of carbonyl (C=O) groups is 1. The van der Waals surface area contributed by atoms with Crippen LogP contribution in [0.3, 0.4) is 0 Å². The van der Waals surface area contributed by atoms with E-state index >= 15 is 0 Å². The first-order chi connectivity index (χ1) is 15.6. The van der Waals surface area contributed by atoms with Crippen molar-refractivity contribution >= 4 is 46.3 Å². The number of anilines is 1. The number of ether oxygens (including phenoxy) is 1. The van der Waals surface area contributed by atoms with E-state index in [1.807, 2.05) is 26.8 Å². The van der Waals surface area contributed by atoms with Gasteiger partial charge < -0.3 is 15.0 Å². The number of aromatic amines is 1. The zero-order chi connectivity index (χ0) is 23.8. The van der Waals surface area contributed by atoms with Crippen molar-refractivity contribution < 1.29 is 9.53 Å². The van der Waals surface area contributed by atoms with Gasteiger partial charge in [-0.05, 0) is 51.3 Å². The number of hydrogen-bond donors (Lipinski definition) is 2. The highest BCUT2D eigenvalue weighted by atomic mass is 35.5. The van der Waals surface area contributed by atoms with Crippen LogP contribution in [0.5, 0.6) is 0 Å². The fourth-order valence-electron chi connectivity index (χ4n) is 3.85. The summed E-state index contributed by atoms with van der Waals surface area (Å²) in [5.74, 6) is 0.328. The maximum Gasteiger partial charge on any atom is 0.410 e. The van der Waals surface area contributed by atoms with E-state index in [-0.39, 0.29) is 17.7 Å². The molecule has 0 bridgehead atoms. The largest absolute Gasteiger partial charge is 0.444 e. The second-order valence-corrected chi connectivity index (χ2v) is 9.86. The minimum atomic E-state index is -0.565. The van der Waals surface area contributed by atoms with E-state index in [4.69, 9.17) is 27.9 Å². The Bertz CT molecular complexity index is 1230. The van der Waals surface area contributed by atoms with E-state index in [0.29, 0.717) is 46.7 Å². The second kappa shape index (κ2) is 9.23. The van der Waals surface area contributed by atoms with E-state index in [9.17, 15) is 9.59 Å². The summed E-state index contributed by atoms with van der Waals surface area (Å²) in [4.78, 5) is 34.4. The van der Waals surface area contributed by atoms with Gasteiger partial charge in [-0.3, -0.25) is 14.5 Å². The molecule has 1 amide bonds. The van der Waals surface area contributed by atoms with Gasteiger partial charge in [0.05, 0.1) is 28.8 Å². The van der Waals surface area contributed by atoms with Crippen LogP contribution in [0.2, 0.25) is 10.0 Å². The van der Waals surface area contributed by atoms with Crippen molar-refractivity contribution in [3.05, 3.63) is 50.4 Å². The van der Waals surface area contributed by atoms with Crippen molar-refractivity contribution in [2.75, 3.05) is 11.9 Å². The smallest absolute Gasteiger partial charge is 0.410 e. The molecule has 0 radical (unpaired) electrons. The van der Waals surface area contributed by atoms with Crippen LogP contribution in [0.15, 0.2) is 29.2 Å². The Morgan fingerprint density at radius 3 is 2.82 bits per heavy atom. The minimum Gasteiger partial charge on any atom is -0.444 e. The first kappa shape index (κ1) is 23.4. The van der Waals surface area contributed by atoms with Crippen LogP contribution >= 0.6 is 23.2 Å². The van der Waals surface area contributed by atoms with Gasteiger partial charge in [0, 0.05) is 13.1 Å². The molecule has 2 N–H and O–H groups in total. The number of fused-ring (bicyclic) bond motifs is 1. The molecule has 0 unspecified atom stereocenters. The summed E-state index contributed by atoms with van der Waals surface area (Å²) in [6.07, 6.45) is 2.90. The predicted molar refractivity (Wildman–Crippen MR) is 128 cm³/mol. The molecule has 11 heteroatoms. The van der Waals surface area contributed by atoms with E-state index in [1.165, 1.54) is 0 Å². The fraction of sp³-hybridized carbons (Fsp3) is 0.455. The first-order valence-corrected chi connectivity index (χ1v) is 11.5. The molecule has 0 spiro atoms. The predicted octanol–water partition coefficient (Wildman–Crippen LogP) is 4.44. The van der Waals surface area contributed by atoms with Crippen LogP contribution in [-0.2, 0) is 17.8 Å². The molecular weight excluding hydrogens is 467 g/mol. The molecule has 0 saturated carbocycles. The molecule has 1 fully saturated rings. The van der Waals surface area contributed by atoms with Gasteiger partial charge in [0.15, 0.2) is 5.52 Å². The SMILES string of the molecule is CC(C)(C)OC(=O)N1CCC[C@H]1Cn1ncc2nc(NCc3ccc(Cl)c(Cl)c3)[nH]c(=O)c21. The Hall–Kier alpha value is -2.78. The van der Waals surface area contributed by atoms with E-state index in [0.717, 1.165) is 18.4 Å². The summed E-state index contributed by atoms with van der Waals surface area (Å²) < 4.78 is 7.14. The Kier molecular flexibility index (Phi) is 6.54. The number of halogens is 2. The lowest BCUT2D eigenvalue weighted by molar-refractivity contribution is 0.0212. The van der Waals surface area contributed by atoms with Crippen molar-refractivity contribution in [2.24, 2.45) is 0 Å². The van der Waals surface area contributed by atoms with Crippen molar-refractivity contribution in [1.82, 2.24) is 24.6 Å². The van der Waals surface area contributed by atoms with Crippen LogP contribution in [0, 0.1) is 0 Å². The summed E-state index contributed by atoms with van der Waals surface area (Å²) in [5.41, 5.74) is 0.857. The number of nitrogens with one attached hydrogen (secondary N) is 2. The third-order valence-corrected chi connectivity index (χ3v) is 6.07. The van der Waals surface area contributed by atoms with Gasteiger partial charge in [-0.2, -0.15) is 5.10 Å². The van der Waals surface area contributed by atoms with Crippen molar-refractivity contribution in [3.8, 4) is 0 Å².